The van der Waals surface area contributed by atoms with Gasteiger partial charge in [0.05, 0.1) is 12.2 Å². The number of cyclic esters (lactones) is 1. The lowest BCUT2D eigenvalue weighted by molar-refractivity contribution is -0.599. The molecule has 7 heteroatoms. The van der Waals surface area contributed by atoms with E-state index < -0.39 is 41.0 Å². The lowest BCUT2D eigenvalue weighted by Gasteiger charge is -2.45. The Bertz CT molecular complexity index is 512. The van der Waals surface area contributed by atoms with Crippen LogP contribution in [0.15, 0.2) is 22.8 Å². The van der Waals surface area contributed by atoms with Gasteiger partial charge in [-0.2, -0.15) is 0 Å². The molecule has 2 bridgehead atoms. The predicted octanol–water partition coefficient (Wildman–Crippen LogP) is 0.706. The van der Waals surface area contributed by atoms with E-state index in [2.05, 4.69) is 0 Å². The van der Waals surface area contributed by atoms with Crippen LogP contribution in [0.3, 0.4) is 0 Å². The zero-order valence-corrected chi connectivity index (χ0v) is 10.0. The minimum Gasteiger partial charge on any atom is -0.469 e. The minimum absolute atomic E-state index is 0.220. The molecule has 1 N–H and O–H groups in total. The fourth-order valence-electron chi connectivity index (χ4n) is 3.24. The first-order chi connectivity index (χ1) is 9.07. The Morgan fingerprint density at radius 3 is 2.89 bits per heavy atom. The van der Waals surface area contributed by atoms with Crippen molar-refractivity contribution in [2.24, 2.45) is 5.92 Å². The number of rotatable bonds is 2. The van der Waals surface area contributed by atoms with Crippen molar-refractivity contribution < 1.29 is 24.0 Å². The molecule has 0 radical (unpaired) electrons. The number of ether oxygens (including phenoxy) is 1. The van der Waals surface area contributed by atoms with Gasteiger partial charge in [0.15, 0.2) is 6.61 Å². The quantitative estimate of drug-likeness (QED) is 0.481. The van der Waals surface area contributed by atoms with Gasteiger partial charge in [-0.3, -0.25) is 14.9 Å². The first-order valence-electron chi connectivity index (χ1n) is 6.10. The summed E-state index contributed by atoms with van der Waals surface area (Å²) >= 11 is 0. The number of hydrogen-bond donors (Lipinski definition) is 1. The molecule has 2 fully saturated rings. The van der Waals surface area contributed by atoms with Gasteiger partial charge in [0.2, 0.25) is 0 Å². The maximum absolute atomic E-state index is 11.8. The van der Waals surface area contributed by atoms with Crippen LogP contribution in [0, 0.1) is 16.0 Å². The van der Waals surface area contributed by atoms with Gasteiger partial charge in [-0.15, -0.1) is 0 Å². The summed E-state index contributed by atoms with van der Waals surface area (Å²) < 4.78 is 10.2. The fourth-order valence-corrected chi connectivity index (χ4v) is 3.24. The number of esters is 1. The number of aliphatic hydroxyl groups is 1. The molecule has 4 atom stereocenters. The normalized spacial score (nSPS) is 37.7. The second-order valence-corrected chi connectivity index (χ2v) is 5.05. The zero-order chi connectivity index (χ0) is 13.6. The Balaban J connectivity index is 2.14. The second-order valence-electron chi connectivity index (χ2n) is 5.05. The molecule has 102 valence electrons. The van der Waals surface area contributed by atoms with E-state index in [9.17, 15) is 20.0 Å². The van der Waals surface area contributed by atoms with E-state index in [0.717, 1.165) is 0 Å². The van der Waals surface area contributed by atoms with Crippen LogP contribution in [-0.4, -0.2) is 34.2 Å². The topological polar surface area (TPSA) is 103 Å². The standard InChI is InChI=1S/C12H13NO6/c14-9-4-3-7-10(8-2-1-5-18-8)12(9,13(16)17)6-19-11(7)15/h1-2,5,7,9-10,14H,3-4,6H2/t7-,9-,10?,12+/m0/s1. The van der Waals surface area contributed by atoms with E-state index in [-0.39, 0.29) is 6.42 Å². The zero-order valence-electron chi connectivity index (χ0n) is 10.0. The van der Waals surface area contributed by atoms with Crippen LogP contribution >= 0.6 is 0 Å². The summed E-state index contributed by atoms with van der Waals surface area (Å²) in [7, 11) is 0. The third-order valence-corrected chi connectivity index (χ3v) is 4.21. The van der Waals surface area contributed by atoms with Gasteiger partial charge in [-0.1, -0.05) is 0 Å². The van der Waals surface area contributed by atoms with Crippen molar-refractivity contribution in [3.63, 3.8) is 0 Å². The van der Waals surface area contributed by atoms with E-state index >= 15 is 0 Å². The highest BCUT2D eigenvalue weighted by Gasteiger charge is 2.67. The SMILES string of the molecule is O=C1OC[C@]2([N+](=O)[O-])C(c3ccco3)[C@@H]1CC[C@@H]2O. The van der Waals surface area contributed by atoms with Gasteiger partial charge in [-0.05, 0) is 25.0 Å². The van der Waals surface area contributed by atoms with Gasteiger partial charge in [0, 0.05) is 4.92 Å². The summed E-state index contributed by atoms with van der Waals surface area (Å²) in [4.78, 5) is 22.8. The summed E-state index contributed by atoms with van der Waals surface area (Å²) in [6, 6.07) is 3.22. The molecule has 1 saturated heterocycles. The second kappa shape index (κ2) is 4.06. The first-order valence-corrected chi connectivity index (χ1v) is 6.10. The van der Waals surface area contributed by atoms with Crippen molar-refractivity contribution in [3.8, 4) is 0 Å². The average Bonchev–Trinajstić information content (AvgIpc) is 2.89. The molecular formula is C12H13NO6. The number of hydrogen-bond acceptors (Lipinski definition) is 6. The number of carbonyl (C=O) groups excluding carboxylic acids is 1. The number of nitro groups is 1. The largest absolute Gasteiger partial charge is 0.469 e. The molecule has 1 aromatic rings. The number of fused-ring (bicyclic) bond motifs is 2. The van der Waals surface area contributed by atoms with Crippen LogP contribution in [0.25, 0.3) is 0 Å². The number of aliphatic hydroxyl groups excluding tert-OH is 1. The van der Waals surface area contributed by atoms with Crippen LogP contribution in [0.1, 0.15) is 24.5 Å². The first kappa shape index (κ1) is 12.2. The molecule has 3 rings (SSSR count). The smallest absolute Gasteiger partial charge is 0.310 e. The van der Waals surface area contributed by atoms with Gasteiger partial charge >= 0.3 is 5.97 Å². The summed E-state index contributed by atoms with van der Waals surface area (Å²) in [6.07, 6.45) is 0.839. The van der Waals surface area contributed by atoms with E-state index in [1.165, 1.54) is 6.26 Å². The third kappa shape index (κ3) is 1.51. The molecule has 0 spiro atoms. The molecule has 2 aliphatic rings. The molecule has 1 unspecified atom stereocenters. The molecular weight excluding hydrogens is 254 g/mol. The van der Waals surface area contributed by atoms with Crippen molar-refractivity contribution in [1.29, 1.82) is 0 Å². The maximum atomic E-state index is 11.8. The fraction of sp³-hybridized carbons (Fsp3) is 0.583. The Hall–Kier alpha value is -1.89. The Morgan fingerprint density at radius 2 is 2.26 bits per heavy atom. The van der Waals surface area contributed by atoms with Crippen molar-refractivity contribution in [2.75, 3.05) is 6.61 Å². The number of furan rings is 1. The Morgan fingerprint density at radius 1 is 1.47 bits per heavy atom. The third-order valence-electron chi connectivity index (χ3n) is 4.21. The highest BCUT2D eigenvalue weighted by molar-refractivity contribution is 5.75. The lowest BCUT2D eigenvalue weighted by atomic mass is 9.63. The molecule has 1 aliphatic heterocycles. The van der Waals surface area contributed by atoms with Crippen molar-refractivity contribution in [1.82, 2.24) is 0 Å². The maximum Gasteiger partial charge on any atom is 0.310 e. The van der Waals surface area contributed by atoms with Crippen LogP contribution in [0.4, 0.5) is 0 Å². The molecule has 0 aromatic carbocycles. The molecule has 1 aromatic heterocycles. The molecule has 19 heavy (non-hydrogen) atoms. The molecule has 7 nitrogen and oxygen atoms in total. The monoisotopic (exact) mass is 267 g/mol. The minimum atomic E-state index is -1.70. The summed E-state index contributed by atoms with van der Waals surface area (Å²) in [5, 5.41) is 21.6. The average molecular weight is 267 g/mol. The van der Waals surface area contributed by atoms with E-state index in [4.69, 9.17) is 9.15 Å². The highest BCUT2D eigenvalue weighted by Crippen LogP contribution is 2.50. The highest BCUT2D eigenvalue weighted by atomic mass is 16.6. The molecule has 2 heterocycles. The van der Waals surface area contributed by atoms with Crippen LogP contribution in [-0.2, 0) is 9.53 Å². The van der Waals surface area contributed by atoms with Crippen molar-refractivity contribution >= 4 is 5.97 Å². The van der Waals surface area contributed by atoms with Crippen LogP contribution < -0.4 is 0 Å². The van der Waals surface area contributed by atoms with Gasteiger partial charge in [-0.25, -0.2) is 0 Å². The summed E-state index contributed by atoms with van der Waals surface area (Å²) in [5.41, 5.74) is -1.70. The van der Waals surface area contributed by atoms with Gasteiger partial charge < -0.3 is 14.3 Å². The van der Waals surface area contributed by atoms with Crippen molar-refractivity contribution in [3.05, 3.63) is 34.3 Å². The Labute approximate surface area is 108 Å². The van der Waals surface area contributed by atoms with E-state index in [0.29, 0.717) is 12.2 Å². The molecule has 1 saturated carbocycles. The van der Waals surface area contributed by atoms with Crippen molar-refractivity contribution in [2.45, 2.75) is 30.4 Å². The van der Waals surface area contributed by atoms with Gasteiger partial charge in [0.25, 0.3) is 5.54 Å². The van der Waals surface area contributed by atoms with Crippen LogP contribution in [0.5, 0.6) is 0 Å². The lowest BCUT2D eigenvalue weighted by Crippen LogP contribution is -2.65. The van der Waals surface area contributed by atoms with E-state index in [1.54, 1.807) is 12.1 Å². The number of carbonyl (C=O) groups is 1. The Kier molecular flexibility index (Phi) is 2.60. The molecule has 0 amide bonds. The van der Waals surface area contributed by atoms with Crippen LogP contribution in [0.2, 0.25) is 0 Å². The predicted molar refractivity (Wildman–Crippen MR) is 60.9 cm³/mol. The molecule has 1 aliphatic carbocycles. The summed E-state index contributed by atoms with van der Waals surface area (Å²) in [6.45, 7) is -0.415. The van der Waals surface area contributed by atoms with Gasteiger partial charge in [0.1, 0.15) is 17.8 Å². The van der Waals surface area contributed by atoms with E-state index in [1.807, 2.05) is 0 Å². The number of nitrogens with zero attached hydrogens (tertiary/aromatic N) is 1. The summed E-state index contributed by atoms with van der Waals surface area (Å²) in [5.74, 6) is -1.50.